The van der Waals surface area contributed by atoms with Crippen LogP contribution in [0.1, 0.15) is 71.6 Å². The third-order valence-electron chi connectivity index (χ3n) is 4.84. The van der Waals surface area contributed by atoms with E-state index >= 15 is 0 Å². The molecule has 2 aliphatic rings. The van der Waals surface area contributed by atoms with Gasteiger partial charge in [0.1, 0.15) is 0 Å². The van der Waals surface area contributed by atoms with Gasteiger partial charge in [-0.25, -0.2) is 0 Å². The molecule has 2 N–H and O–H groups in total. The lowest BCUT2D eigenvalue weighted by Gasteiger charge is -2.34. The smallest absolute Gasteiger partial charge is 0.220 e. The van der Waals surface area contributed by atoms with Crippen LogP contribution in [-0.4, -0.2) is 24.5 Å². The number of carbonyl (C=O) groups is 1. The summed E-state index contributed by atoms with van der Waals surface area (Å²) in [6, 6.07) is 1.00. The predicted molar refractivity (Wildman–Crippen MR) is 79.1 cm³/mol. The van der Waals surface area contributed by atoms with E-state index in [1.54, 1.807) is 0 Å². The van der Waals surface area contributed by atoms with Crippen molar-refractivity contribution in [2.75, 3.05) is 6.54 Å². The molecule has 1 atom stereocenters. The predicted octanol–water partition coefficient (Wildman–Crippen LogP) is 2.99. The molecule has 1 amide bonds. The van der Waals surface area contributed by atoms with E-state index in [-0.39, 0.29) is 5.91 Å². The molecule has 1 unspecified atom stereocenters. The maximum Gasteiger partial charge on any atom is 0.220 e. The molecule has 3 heteroatoms. The van der Waals surface area contributed by atoms with E-state index in [1.165, 1.54) is 32.1 Å². The first kappa shape index (κ1) is 14.8. The molecule has 0 aromatic heterocycles. The van der Waals surface area contributed by atoms with Crippen molar-refractivity contribution in [3.8, 4) is 0 Å². The second-order valence-electron chi connectivity index (χ2n) is 7.19. The van der Waals surface area contributed by atoms with Gasteiger partial charge in [0, 0.05) is 18.5 Å². The second-order valence-corrected chi connectivity index (χ2v) is 7.19. The highest BCUT2D eigenvalue weighted by atomic mass is 16.1. The quantitative estimate of drug-likeness (QED) is 0.821. The van der Waals surface area contributed by atoms with Crippen molar-refractivity contribution in [2.45, 2.75) is 83.7 Å². The summed E-state index contributed by atoms with van der Waals surface area (Å²) in [5, 5.41) is 6.74. The molecule has 1 aliphatic heterocycles. The van der Waals surface area contributed by atoms with Gasteiger partial charge in [0.15, 0.2) is 0 Å². The van der Waals surface area contributed by atoms with Gasteiger partial charge in [-0.2, -0.15) is 0 Å². The van der Waals surface area contributed by atoms with Crippen LogP contribution in [0.3, 0.4) is 0 Å². The highest BCUT2D eigenvalue weighted by molar-refractivity contribution is 5.76. The molecular formula is C16H30N2O. The van der Waals surface area contributed by atoms with Crippen LogP contribution in [0.5, 0.6) is 0 Å². The molecule has 0 aromatic rings. The maximum absolute atomic E-state index is 12.0. The Balaban J connectivity index is 1.61. The van der Waals surface area contributed by atoms with Gasteiger partial charge in [0.2, 0.25) is 5.91 Å². The Morgan fingerprint density at radius 3 is 2.58 bits per heavy atom. The number of piperidine rings is 1. The summed E-state index contributed by atoms with van der Waals surface area (Å²) in [5.74, 6) is 0.261. The molecule has 3 nitrogen and oxygen atoms in total. The van der Waals surface area contributed by atoms with E-state index in [9.17, 15) is 4.79 Å². The molecule has 2 fully saturated rings. The van der Waals surface area contributed by atoms with Gasteiger partial charge in [0.25, 0.3) is 0 Å². The van der Waals surface area contributed by atoms with Crippen molar-refractivity contribution >= 4 is 5.91 Å². The summed E-state index contributed by atoms with van der Waals surface area (Å²) in [4.78, 5) is 12.0. The van der Waals surface area contributed by atoms with Gasteiger partial charge < -0.3 is 10.6 Å². The number of hydrogen-bond donors (Lipinski definition) is 2. The van der Waals surface area contributed by atoms with Gasteiger partial charge in [0.05, 0.1) is 0 Å². The van der Waals surface area contributed by atoms with Crippen LogP contribution < -0.4 is 10.6 Å². The zero-order valence-electron chi connectivity index (χ0n) is 12.6. The van der Waals surface area contributed by atoms with E-state index in [4.69, 9.17) is 0 Å². The maximum atomic E-state index is 12.0. The first-order valence-electron chi connectivity index (χ1n) is 8.08. The molecule has 0 radical (unpaired) electrons. The molecule has 2 rings (SSSR count). The van der Waals surface area contributed by atoms with Crippen LogP contribution in [-0.2, 0) is 4.79 Å². The Bertz CT molecular complexity index is 285. The lowest BCUT2D eigenvalue weighted by atomic mass is 9.75. The normalized spacial score (nSPS) is 28.0. The van der Waals surface area contributed by atoms with Gasteiger partial charge in [-0.15, -0.1) is 0 Å². The minimum absolute atomic E-state index is 0.261. The number of hydrogen-bond acceptors (Lipinski definition) is 2. The van der Waals surface area contributed by atoms with Crippen molar-refractivity contribution in [2.24, 2.45) is 5.41 Å². The zero-order valence-corrected chi connectivity index (χ0v) is 12.6. The number of rotatable bonds is 4. The van der Waals surface area contributed by atoms with Crippen molar-refractivity contribution < 1.29 is 4.79 Å². The third kappa shape index (κ3) is 5.13. The molecule has 0 aromatic carbocycles. The summed E-state index contributed by atoms with van der Waals surface area (Å²) in [5.41, 5.74) is 0.479. The number of amides is 1. The van der Waals surface area contributed by atoms with E-state index in [0.29, 0.717) is 23.9 Å². The van der Waals surface area contributed by atoms with E-state index < -0.39 is 0 Å². The monoisotopic (exact) mass is 266 g/mol. The molecule has 19 heavy (non-hydrogen) atoms. The second kappa shape index (κ2) is 6.74. The zero-order chi connectivity index (χ0) is 13.7. The molecule has 0 spiro atoms. The van der Waals surface area contributed by atoms with Crippen molar-refractivity contribution in [1.82, 2.24) is 10.6 Å². The average molecular weight is 266 g/mol. The molecule has 1 aliphatic carbocycles. The Kier molecular flexibility index (Phi) is 5.26. The Morgan fingerprint density at radius 1 is 1.21 bits per heavy atom. The summed E-state index contributed by atoms with van der Waals surface area (Å²) in [6.07, 6.45) is 10.3. The molecular weight excluding hydrogens is 236 g/mol. The lowest BCUT2D eigenvalue weighted by Crippen LogP contribution is -2.40. The Morgan fingerprint density at radius 2 is 1.95 bits per heavy atom. The van der Waals surface area contributed by atoms with Gasteiger partial charge >= 0.3 is 0 Å². The summed E-state index contributed by atoms with van der Waals surface area (Å²) in [6.45, 7) is 5.80. The molecule has 1 saturated heterocycles. The summed E-state index contributed by atoms with van der Waals surface area (Å²) < 4.78 is 0. The van der Waals surface area contributed by atoms with E-state index in [2.05, 4.69) is 24.5 Å². The molecule has 110 valence electrons. The minimum Gasteiger partial charge on any atom is -0.353 e. The number of carbonyl (C=O) groups excluding carboxylic acids is 1. The standard InChI is InChI=1S/C16H30N2O/c1-16(2)10-8-14(9-11-16)18-15(19)7-6-13-5-3-4-12-17-13/h13-14,17H,3-12H2,1-2H3,(H,18,19). The van der Waals surface area contributed by atoms with Crippen LogP contribution in [0.25, 0.3) is 0 Å². The molecule has 1 saturated carbocycles. The van der Waals surface area contributed by atoms with Crippen LogP contribution in [0.4, 0.5) is 0 Å². The summed E-state index contributed by atoms with van der Waals surface area (Å²) >= 11 is 0. The molecule has 0 bridgehead atoms. The van der Waals surface area contributed by atoms with Crippen molar-refractivity contribution in [3.05, 3.63) is 0 Å². The number of nitrogens with one attached hydrogen (secondary N) is 2. The third-order valence-corrected chi connectivity index (χ3v) is 4.84. The largest absolute Gasteiger partial charge is 0.353 e. The van der Waals surface area contributed by atoms with Crippen LogP contribution in [0.15, 0.2) is 0 Å². The highest BCUT2D eigenvalue weighted by Gasteiger charge is 2.27. The molecule has 1 heterocycles. The highest BCUT2D eigenvalue weighted by Crippen LogP contribution is 2.34. The van der Waals surface area contributed by atoms with E-state index in [0.717, 1.165) is 25.8 Å². The first-order chi connectivity index (χ1) is 9.05. The van der Waals surface area contributed by atoms with Crippen LogP contribution >= 0.6 is 0 Å². The Labute approximate surface area is 117 Å². The fourth-order valence-electron chi connectivity index (χ4n) is 3.32. The van der Waals surface area contributed by atoms with Gasteiger partial charge in [-0.1, -0.05) is 20.3 Å². The van der Waals surface area contributed by atoms with E-state index in [1.807, 2.05) is 0 Å². The first-order valence-corrected chi connectivity index (χ1v) is 8.08. The van der Waals surface area contributed by atoms with Gasteiger partial charge in [-0.05, 0) is 56.9 Å². The fourth-order valence-corrected chi connectivity index (χ4v) is 3.32. The van der Waals surface area contributed by atoms with Crippen molar-refractivity contribution in [1.29, 1.82) is 0 Å². The summed E-state index contributed by atoms with van der Waals surface area (Å²) in [7, 11) is 0. The van der Waals surface area contributed by atoms with Crippen LogP contribution in [0.2, 0.25) is 0 Å². The topological polar surface area (TPSA) is 41.1 Å². The van der Waals surface area contributed by atoms with Crippen LogP contribution in [0, 0.1) is 5.41 Å². The average Bonchev–Trinajstić information content (AvgIpc) is 2.40. The fraction of sp³-hybridized carbons (Fsp3) is 0.938. The SMILES string of the molecule is CC1(C)CCC(NC(=O)CCC2CCCCN2)CC1. The Hall–Kier alpha value is -0.570. The van der Waals surface area contributed by atoms with Crippen molar-refractivity contribution in [3.63, 3.8) is 0 Å². The minimum atomic E-state index is 0.261. The lowest BCUT2D eigenvalue weighted by molar-refractivity contribution is -0.122. The van der Waals surface area contributed by atoms with Gasteiger partial charge in [-0.3, -0.25) is 4.79 Å².